The van der Waals surface area contributed by atoms with E-state index in [1.54, 1.807) is 12.4 Å². The van der Waals surface area contributed by atoms with E-state index in [2.05, 4.69) is 19.8 Å². The van der Waals surface area contributed by atoms with Gasteiger partial charge < -0.3 is 9.88 Å². The number of fused-ring (bicyclic) bond motifs is 1. The van der Waals surface area contributed by atoms with Crippen LogP contribution in [-0.4, -0.2) is 47.1 Å². The molecule has 3 rings (SSSR count). The molecule has 0 bridgehead atoms. The average Bonchev–Trinajstić information content (AvgIpc) is 2.39. The van der Waals surface area contributed by atoms with Crippen molar-refractivity contribution in [2.45, 2.75) is 25.3 Å². The molecule has 1 aromatic heterocycles. The summed E-state index contributed by atoms with van der Waals surface area (Å²) in [7, 11) is 0. The second-order valence-electron chi connectivity index (χ2n) is 4.87. The van der Waals surface area contributed by atoms with Crippen LogP contribution in [0.3, 0.4) is 0 Å². The minimum absolute atomic E-state index is 0.0724. The summed E-state index contributed by atoms with van der Waals surface area (Å²) >= 11 is 0. The Morgan fingerprint density at radius 2 is 2.24 bits per heavy atom. The fraction of sp³-hybridized carbons (Fsp3) is 0.667. The number of piperazine rings is 1. The van der Waals surface area contributed by atoms with Gasteiger partial charge in [0.05, 0.1) is 0 Å². The van der Waals surface area contributed by atoms with Gasteiger partial charge in [0.2, 0.25) is 0 Å². The van der Waals surface area contributed by atoms with Gasteiger partial charge in [-0.1, -0.05) is 6.42 Å². The molecule has 5 heteroatoms. The molecular weight excluding hydrogens is 216 g/mol. The zero-order valence-corrected chi connectivity index (χ0v) is 9.93. The molecule has 5 nitrogen and oxygen atoms in total. The first kappa shape index (κ1) is 10.8. The van der Waals surface area contributed by atoms with Crippen molar-refractivity contribution in [1.82, 2.24) is 14.9 Å². The largest absolute Gasteiger partial charge is 0.349 e. The van der Waals surface area contributed by atoms with E-state index in [0.29, 0.717) is 11.9 Å². The zero-order chi connectivity index (χ0) is 11.7. The number of piperidine rings is 1. The predicted molar refractivity (Wildman–Crippen MR) is 66.3 cm³/mol. The molecule has 0 amide bonds. The minimum atomic E-state index is -0.0724. The summed E-state index contributed by atoms with van der Waals surface area (Å²) in [5.41, 5.74) is -0.0724. The molecule has 3 heterocycles. The fourth-order valence-corrected chi connectivity index (χ4v) is 2.92. The molecule has 0 radical (unpaired) electrons. The van der Waals surface area contributed by atoms with Crippen molar-refractivity contribution in [2.24, 2.45) is 0 Å². The number of aromatic nitrogens is 2. The Morgan fingerprint density at radius 3 is 3.12 bits per heavy atom. The van der Waals surface area contributed by atoms with Crippen molar-refractivity contribution in [3.8, 4) is 0 Å². The predicted octanol–water partition coefficient (Wildman–Crippen LogP) is 0.444. The molecule has 1 N–H and O–H groups in total. The molecule has 1 aromatic rings. The third-order valence-corrected chi connectivity index (χ3v) is 3.83. The van der Waals surface area contributed by atoms with Crippen molar-refractivity contribution in [3.63, 3.8) is 0 Å². The topological polar surface area (TPSA) is 52.2 Å². The Hall–Kier alpha value is -1.36. The number of nitrogens with zero attached hydrogens (tertiary/aromatic N) is 3. The first-order valence-corrected chi connectivity index (χ1v) is 6.37. The van der Waals surface area contributed by atoms with Crippen LogP contribution in [0, 0.1) is 0 Å². The van der Waals surface area contributed by atoms with Gasteiger partial charge in [-0.05, 0) is 19.4 Å². The highest BCUT2D eigenvalue weighted by Gasteiger charge is 2.30. The number of aromatic amines is 1. The monoisotopic (exact) mass is 234 g/mol. The van der Waals surface area contributed by atoms with Crippen LogP contribution in [0.25, 0.3) is 0 Å². The lowest BCUT2D eigenvalue weighted by molar-refractivity contribution is 0.133. The zero-order valence-electron chi connectivity index (χ0n) is 9.93. The molecule has 92 valence electrons. The standard InChI is InChI=1S/C12H18N4O/c17-12-11(13-4-5-14-12)16-8-7-15-6-2-1-3-10(15)9-16/h4-5,10H,1-3,6-9H2,(H,14,17). The lowest BCUT2D eigenvalue weighted by atomic mass is 9.99. The molecule has 2 fully saturated rings. The van der Waals surface area contributed by atoms with Crippen LogP contribution < -0.4 is 10.5 Å². The molecule has 0 spiro atoms. The van der Waals surface area contributed by atoms with Gasteiger partial charge in [-0.15, -0.1) is 0 Å². The third-order valence-electron chi connectivity index (χ3n) is 3.83. The molecule has 0 aromatic carbocycles. The maximum Gasteiger partial charge on any atom is 0.290 e. The van der Waals surface area contributed by atoms with Crippen molar-refractivity contribution in [3.05, 3.63) is 22.7 Å². The summed E-state index contributed by atoms with van der Waals surface area (Å²) in [4.78, 5) is 23.3. The van der Waals surface area contributed by atoms with E-state index < -0.39 is 0 Å². The Bertz CT molecular complexity index is 444. The van der Waals surface area contributed by atoms with Crippen molar-refractivity contribution >= 4 is 5.82 Å². The van der Waals surface area contributed by atoms with E-state index in [1.807, 2.05) is 0 Å². The van der Waals surface area contributed by atoms with Crippen LogP contribution in [0.2, 0.25) is 0 Å². The van der Waals surface area contributed by atoms with E-state index in [0.717, 1.165) is 19.6 Å². The molecule has 2 saturated heterocycles. The number of nitrogens with one attached hydrogen (secondary N) is 1. The van der Waals surface area contributed by atoms with Crippen LogP contribution in [0.5, 0.6) is 0 Å². The second-order valence-corrected chi connectivity index (χ2v) is 4.87. The highest BCUT2D eigenvalue weighted by molar-refractivity contribution is 5.36. The van der Waals surface area contributed by atoms with Crippen LogP contribution in [0.15, 0.2) is 17.2 Å². The lowest BCUT2D eigenvalue weighted by Crippen LogP contribution is -2.55. The number of rotatable bonds is 1. The highest BCUT2D eigenvalue weighted by atomic mass is 16.1. The Morgan fingerprint density at radius 1 is 1.29 bits per heavy atom. The fourth-order valence-electron chi connectivity index (χ4n) is 2.92. The van der Waals surface area contributed by atoms with Crippen LogP contribution >= 0.6 is 0 Å². The molecule has 2 aliphatic rings. The molecule has 0 saturated carbocycles. The average molecular weight is 234 g/mol. The van der Waals surface area contributed by atoms with Gasteiger partial charge >= 0.3 is 0 Å². The van der Waals surface area contributed by atoms with Crippen LogP contribution in [0.1, 0.15) is 19.3 Å². The smallest absolute Gasteiger partial charge is 0.290 e. The van der Waals surface area contributed by atoms with Crippen molar-refractivity contribution < 1.29 is 0 Å². The highest BCUT2D eigenvalue weighted by Crippen LogP contribution is 2.22. The van der Waals surface area contributed by atoms with Crippen molar-refractivity contribution in [1.29, 1.82) is 0 Å². The van der Waals surface area contributed by atoms with Gasteiger partial charge in [0.1, 0.15) is 0 Å². The third kappa shape index (κ3) is 2.07. The summed E-state index contributed by atoms with van der Waals surface area (Å²) in [6.07, 6.45) is 7.13. The maximum absolute atomic E-state index is 11.7. The number of anilines is 1. The van der Waals surface area contributed by atoms with Gasteiger partial charge in [-0.3, -0.25) is 9.69 Å². The quantitative estimate of drug-likeness (QED) is 0.766. The van der Waals surface area contributed by atoms with Crippen molar-refractivity contribution in [2.75, 3.05) is 31.1 Å². The molecule has 1 unspecified atom stereocenters. The Balaban J connectivity index is 1.78. The van der Waals surface area contributed by atoms with E-state index in [4.69, 9.17) is 0 Å². The van der Waals surface area contributed by atoms with Crippen LogP contribution in [0.4, 0.5) is 5.82 Å². The first-order valence-electron chi connectivity index (χ1n) is 6.37. The van der Waals surface area contributed by atoms with E-state index in [9.17, 15) is 4.79 Å². The molecule has 1 atom stereocenters. The minimum Gasteiger partial charge on any atom is -0.349 e. The summed E-state index contributed by atoms with van der Waals surface area (Å²) in [5.74, 6) is 0.581. The number of H-pyrrole nitrogens is 1. The summed E-state index contributed by atoms with van der Waals surface area (Å²) in [5, 5.41) is 0. The number of hydrogen-bond acceptors (Lipinski definition) is 4. The Labute approximate surface area is 100 Å². The van der Waals surface area contributed by atoms with Crippen LogP contribution in [-0.2, 0) is 0 Å². The van der Waals surface area contributed by atoms with E-state index in [-0.39, 0.29) is 5.56 Å². The van der Waals surface area contributed by atoms with Gasteiger partial charge in [0, 0.05) is 38.1 Å². The lowest BCUT2D eigenvalue weighted by Gasteiger charge is -2.44. The van der Waals surface area contributed by atoms with Gasteiger partial charge in [0.15, 0.2) is 5.82 Å². The van der Waals surface area contributed by atoms with Gasteiger partial charge in [-0.25, -0.2) is 4.98 Å². The maximum atomic E-state index is 11.7. The first-order chi connectivity index (χ1) is 8.34. The summed E-state index contributed by atoms with van der Waals surface area (Å²) < 4.78 is 0. The number of hydrogen-bond donors (Lipinski definition) is 1. The van der Waals surface area contributed by atoms with E-state index >= 15 is 0 Å². The van der Waals surface area contributed by atoms with Gasteiger partial charge in [0.25, 0.3) is 5.56 Å². The summed E-state index contributed by atoms with van der Waals surface area (Å²) in [6.45, 7) is 4.13. The normalized spacial score (nSPS) is 25.6. The molecular formula is C12H18N4O. The molecule has 0 aliphatic carbocycles. The summed E-state index contributed by atoms with van der Waals surface area (Å²) in [6, 6.07) is 0.610. The SMILES string of the molecule is O=c1[nH]ccnc1N1CCN2CCCCC2C1. The van der Waals surface area contributed by atoms with Gasteiger partial charge in [-0.2, -0.15) is 0 Å². The second kappa shape index (κ2) is 4.49. The molecule has 17 heavy (non-hydrogen) atoms. The Kier molecular flexibility index (Phi) is 2.84. The van der Waals surface area contributed by atoms with E-state index in [1.165, 1.54) is 25.8 Å². The molecule has 2 aliphatic heterocycles.